The van der Waals surface area contributed by atoms with Crippen LogP contribution in [0.4, 0.5) is 0 Å². The Morgan fingerprint density at radius 1 is 1.50 bits per heavy atom. The number of nitrogens with zero attached hydrogens (tertiary/aromatic N) is 3. The molecule has 1 aliphatic rings. The van der Waals surface area contributed by atoms with Crippen molar-refractivity contribution in [2.45, 2.75) is 65.1 Å². The molecule has 0 bridgehead atoms. The molecule has 114 valence electrons. The maximum Gasteiger partial charge on any atom is 0.138 e. The van der Waals surface area contributed by atoms with Gasteiger partial charge >= 0.3 is 0 Å². The van der Waals surface area contributed by atoms with Gasteiger partial charge in [0.25, 0.3) is 0 Å². The van der Waals surface area contributed by atoms with Gasteiger partial charge in [0.15, 0.2) is 0 Å². The van der Waals surface area contributed by atoms with Gasteiger partial charge in [-0.2, -0.15) is 5.10 Å². The number of hydrogen-bond acceptors (Lipinski definition) is 4. The Balaban J connectivity index is 2.08. The van der Waals surface area contributed by atoms with Gasteiger partial charge in [-0.1, -0.05) is 6.92 Å². The molecule has 5 heteroatoms. The first-order chi connectivity index (χ1) is 9.63. The lowest BCUT2D eigenvalue weighted by molar-refractivity contribution is 0.0949. The predicted octanol–water partition coefficient (Wildman–Crippen LogP) is 2.19. The van der Waals surface area contributed by atoms with Crippen LogP contribution < -0.4 is 5.32 Å². The summed E-state index contributed by atoms with van der Waals surface area (Å²) in [5, 5.41) is 8.03. The zero-order valence-corrected chi connectivity index (χ0v) is 13.2. The van der Waals surface area contributed by atoms with Crippen LogP contribution in [0.1, 0.15) is 52.4 Å². The molecule has 3 unspecified atom stereocenters. The van der Waals surface area contributed by atoms with Crippen LogP contribution in [0.25, 0.3) is 0 Å². The van der Waals surface area contributed by atoms with Gasteiger partial charge in [0.1, 0.15) is 12.2 Å². The van der Waals surface area contributed by atoms with Crippen LogP contribution in [-0.4, -0.2) is 40.1 Å². The second-order valence-corrected chi connectivity index (χ2v) is 6.01. The third-order valence-electron chi connectivity index (χ3n) is 4.15. The second-order valence-electron chi connectivity index (χ2n) is 6.01. The SMILES string of the molecule is CCCNC(Cc1ncnn1C(C)C)C1CCOC1C. The van der Waals surface area contributed by atoms with Crippen molar-refractivity contribution in [1.82, 2.24) is 20.1 Å². The van der Waals surface area contributed by atoms with Gasteiger partial charge in [-0.15, -0.1) is 0 Å². The van der Waals surface area contributed by atoms with E-state index in [0.717, 1.165) is 38.2 Å². The minimum absolute atomic E-state index is 0.333. The molecule has 0 amide bonds. The zero-order chi connectivity index (χ0) is 14.5. The summed E-state index contributed by atoms with van der Waals surface area (Å²) in [6, 6.07) is 0.783. The Hall–Kier alpha value is -0.940. The van der Waals surface area contributed by atoms with Gasteiger partial charge in [0, 0.05) is 31.0 Å². The molecule has 2 heterocycles. The molecular formula is C15H28N4O. The van der Waals surface area contributed by atoms with E-state index in [2.05, 4.69) is 43.1 Å². The molecule has 1 fully saturated rings. The average molecular weight is 280 g/mol. The van der Waals surface area contributed by atoms with Crippen molar-refractivity contribution < 1.29 is 4.74 Å². The molecule has 5 nitrogen and oxygen atoms in total. The highest BCUT2D eigenvalue weighted by molar-refractivity contribution is 4.95. The van der Waals surface area contributed by atoms with Crippen molar-refractivity contribution in [3.05, 3.63) is 12.2 Å². The van der Waals surface area contributed by atoms with Crippen molar-refractivity contribution >= 4 is 0 Å². The minimum atomic E-state index is 0.333. The van der Waals surface area contributed by atoms with E-state index in [9.17, 15) is 0 Å². The van der Waals surface area contributed by atoms with Crippen molar-refractivity contribution in [3.8, 4) is 0 Å². The predicted molar refractivity (Wildman–Crippen MR) is 79.7 cm³/mol. The van der Waals surface area contributed by atoms with E-state index in [1.165, 1.54) is 0 Å². The number of hydrogen-bond donors (Lipinski definition) is 1. The number of rotatable bonds is 7. The van der Waals surface area contributed by atoms with Crippen molar-refractivity contribution in [3.63, 3.8) is 0 Å². The number of ether oxygens (including phenoxy) is 1. The van der Waals surface area contributed by atoms with E-state index in [-0.39, 0.29) is 0 Å². The van der Waals surface area contributed by atoms with Gasteiger partial charge in [-0.25, -0.2) is 9.67 Å². The quantitative estimate of drug-likeness (QED) is 0.832. The summed E-state index contributed by atoms with van der Waals surface area (Å²) in [5.41, 5.74) is 0. The topological polar surface area (TPSA) is 52.0 Å². The summed E-state index contributed by atoms with van der Waals surface area (Å²) in [7, 11) is 0. The molecule has 0 saturated carbocycles. The van der Waals surface area contributed by atoms with Gasteiger partial charge in [0.2, 0.25) is 0 Å². The smallest absolute Gasteiger partial charge is 0.138 e. The largest absolute Gasteiger partial charge is 0.378 e. The van der Waals surface area contributed by atoms with Crippen molar-refractivity contribution in [1.29, 1.82) is 0 Å². The lowest BCUT2D eigenvalue weighted by atomic mass is 9.90. The normalized spacial score (nSPS) is 24.4. The van der Waals surface area contributed by atoms with Crippen LogP contribution in [-0.2, 0) is 11.2 Å². The molecule has 1 N–H and O–H groups in total. The summed E-state index contributed by atoms with van der Waals surface area (Å²) >= 11 is 0. The molecule has 1 aliphatic heterocycles. The molecule has 2 rings (SSSR count). The van der Waals surface area contributed by atoms with Gasteiger partial charge in [0.05, 0.1) is 6.10 Å². The molecule has 0 aliphatic carbocycles. The fourth-order valence-corrected chi connectivity index (χ4v) is 3.03. The highest BCUT2D eigenvalue weighted by atomic mass is 16.5. The van der Waals surface area contributed by atoms with Gasteiger partial charge in [-0.3, -0.25) is 0 Å². The standard InChI is InChI=1S/C15H28N4O/c1-5-7-16-14(13-6-8-20-12(13)4)9-15-17-10-18-19(15)11(2)3/h10-14,16H,5-9H2,1-4H3. The van der Waals surface area contributed by atoms with Crippen LogP contribution in [0.3, 0.4) is 0 Å². The molecule has 3 atom stereocenters. The maximum absolute atomic E-state index is 5.74. The number of aromatic nitrogens is 3. The van der Waals surface area contributed by atoms with E-state index in [0.29, 0.717) is 24.1 Å². The Morgan fingerprint density at radius 3 is 2.90 bits per heavy atom. The van der Waals surface area contributed by atoms with Crippen LogP contribution >= 0.6 is 0 Å². The second kappa shape index (κ2) is 7.18. The lowest BCUT2D eigenvalue weighted by Crippen LogP contribution is -2.42. The number of nitrogens with one attached hydrogen (secondary N) is 1. The van der Waals surface area contributed by atoms with Crippen LogP contribution in [0.15, 0.2) is 6.33 Å². The third-order valence-corrected chi connectivity index (χ3v) is 4.15. The summed E-state index contributed by atoms with van der Waals surface area (Å²) in [6.07, 6.45) is 5.21. The highest BCUT2D eigenvalue weighted by Crippen LogP contribution is 2.26. The average Bonchev–Trinajstić information content (AvgIpc) is 3.03. The maximum atomic E-state index is 5.74. The molecule has 1 aromatic heterocycles. The first kappa shape index (κ1) is 15.4. The summed E-state index contributed by atoms with van der Waals surface area (Å²) in [6.45, 7) is 10.6. The van der Waals surface area contributed by atoms with Crippen LogP contribution in [0, 0.1) is 5.92 Å². The van der Waals surface area contributed by atoms with Crippen molar-refractivity contribution in [2.24, 2.45) is 5.92 Å². The fraction of sp³-hybridized carbons (Fsp3) is 0.867. The Bertz CT molecular complexity index is 404. The van der Waals surface area contributed by atoms with E-state index >= 15 is 0 Å². The molecule has 0 radical (unpaired) electrons. The van der Waals surface area contributed by atoms with E-state index in [4.69, 9.17) is 4.74 Å². The van der Waals surface area contributed by atoms with E-state index < -0.39 is 0 Å². The molecule has 0 spiro atoms. The van der Waals surface area contributed by atoms with Crippen LogP contribution in [0.5, 0.6) is 0 Å². The lowest BCUT2D eigenvalue weighted by Gasteiger charge is -2.27. The Morgan fingerprint density at radius 2 is 2.30 bits per heavy atom. The monoisotopic (exact) mass is 280 g/mol. The van der Waals surface area contributed by atoms with Gasteiger partial charge in [-0.05, 0) is 40.2 Å². The Kier molecular flexibility index (Phi) is 5.54. The first-order valence-corrected chi connectivity index (χ1v) is 7.86. The van der Waals surface area contributed by atoms with Crippen LogP contribution in [0.2, 0.25) is 0 Å². The first-order valence-electron chi connectivity index (χ1n) is 7.86. The highest BCUT2D eigenvalue weighted by Gasteiger charge is 2.32. The summed E-state index contributed by atoms with van der Waals surface area (Å²) < 4.78 is 7.77. The van der Waals surface area contributed by atoms with E-state index in [1.54, 1.807) is 6.33 Å². The van der Waals surface area contributed by atoms with Crippen molar-refractivity contribution in [2.75, 3.05) is 13.2 Å². The molecule has 1 aromatic rings. The molecule has 1 saturated heterocycles. The van der Waals surface area contributed by atoms with Gasteiger partial charge < -0.3 is 10.1 Å². The third kappa shape index (κ3) is 3.58. The minimum Gasteiger partial charge on any atom is -0.378 e. The zero-order valence-electron chi connectivity index (χ0n) is 13.2. The summed E-state index contributed by atoms with van der Waals surface area (Å²) in [5.74, 6) is 1.64. The summed E-state index contributed by atoms with van der Waals surface area (Å²) in [4.78, 5) is 4.45. The van der Waals surface area contributed by atoms with E-state index in [1.807, 2.05) is 4.68 Å². The fourth-order valence-electron chi connectivity index (χ4n) is 3.03. The molecular weight excluding hydrogens is 252 g/mol. The Labute approximate surface area is 122 Å². The molecule has 0 aromatic carbocycles. The molecule has 20 heavy (non-hydrogen) atoms.